The van der Waals surface area contributed by atoms with Gasteiger partial charge in [-0.25, -0.2) is 0 Å². The largest absolute Gasteiger partial charge is 0.489 e. The summed E-state index contributed by atoms with van der Waals surface area (Å²) in [6.45, 7) is 4.90. The molecule has 1 unspecified atom stereocenters. The molecule has 0 aliphatic carbocycles. The van der Waals surface area contributed by atoms with E-state index < -0.39 is 0 Å². The summed E-state index contributed by atoms with van der Waals surface area (Å²) in [5.74, 6) is 1.25. The number of hydrogen-bond acceptors (Lipinski definition) is 3. The van der Waals surface area contributed by atoms with E-state index in [1.54, 1.807) is 0 Å². The maximum atomic E-state index is 6.48. The molecule has 1 aliphatic rings. The molecule has 1 atom stereocenters. The maximum absolute atomic E-state index is 6.48. The van der Waals surface area contributed by atoms with E-state index in [4.69, 9.17) is 16.3 Å². The Morgan fingerprint density at radius 1 is 1.17 bits per heavy atom. The molecule has 120 valence electrons. The van der Waals surface area contributed by atoms with Gasteiger partial charge in [-0.05, 0) is 23.6 Å². The minimum absolute atomic E-state index is 0.226. The average Bonchev–Trinajstić information content (AvgIpc) is 3.03. The molecule has 1 aliphatic heterocycles. The maximum Gasteiger partial charge on any atom is 0.121 e. The lowest BCUT2D eigenvalue weighted by atomic mass is 10.1. The van der Waals surface area contributed by atoms with Gasteiger partial charge in [-0.15, -0.1) is 0 Å². The summed E-state index contributed by atoms with van der Waals surface area (Å²) in [6, 6.07) is 16.0. The predicted molar refractivity (Wildman–Crippen MR) is 95.6 cm³/mol. The first kappa shape index (κ1) is 15.8. The summed E-state index contributed by atoms with van der Waals surface area (Å²) >= 11 is 6.48. The number of anilines is 1. The SMILES string of the molecule is CC(C)C1NC=CN1c1ccc(OCc2ccccc2)cc1Cl. The molecule has 0 aromatic heterocycles. The van der Waals surface area contributed by atoms with Crippen molar-refractivity contribution in [3.05, 3.63) is 71.5 Å². The molecule has 23 heavy (non-hydrogen) atoms. The minimum atomic E-state index is 0.226. The van der Waals surface area contributed by atoms with E-state index in [-0.39, 0.29) is 6.17 Å². The van der Waals surface area contributed by atoms with Crippen molar-refractivity contribution in [2.75, 3.05) is 4.90 Å². The fourth-order valence-electron chi connectivity index (χ4n) is 2.67. The lowest BCUT2D eigenvalue weighted by Crippen LogP contribution is -2.39. The zero-order valence-corrected chi connectivity index (χ0v) is 14.1. The van der Waals surface area contributed by atoms with Gasteiger partial charge >= 0.3 is 0 Å². The summed E-state index contributed by atoms with van der Waals surface area (Å²) in [6.07, 6.45) is 4.21. The summed E-state index contributed by atoms with van der Waals surface area (Å²) < 4.78 is 5.83. The van der Waals surface area contributed by atoms with Crippen molar-refractivity contribution in [3.8, 4) is 5.75 Å². The van der Waals surface area contributed by atoms with E-state index in [1.165, 1.54) is 0 Å². The molecule has 0 saturated carbocycles. The normalized spacial score (nSPS) is 16.7. The second-order valence-corrected chi connectivity index (χ2v) is 6.37. The van der Waals surface area contributed by atoms with Crippen LogP contribution in [0.2, 0.25) is 5.02 Å². The molecule has 0 radical (unpaired) electrons. The Kier molecular flexibility index (Phi) is 4.77. The summed E-state index contributed by atoms with van der Waals surface area (Å²) in [4.78, 5) is 2.16. The first-order chi connectivity index (χ1) is 11.1. The van der Waals surface area contributed by atoms with Gasteiger partial charge in [0.1, 0.15) is 18.5 Å². The molecule has 0 saturated heterocycles. The third-order valence-corrected chi connectivity index (χ3v) is 4.18. The summed E-state index contributed by atoms with van der Waals surface area (Å²) in [7, 11) is 0. The lowest BCUT2D eigenvalue weighted by molar-refractivity contribution is 0.306. The molecule has 4 heteroatoms. The highest BCUT2D eigenvalue weighted by atomic mass is 35.5. The van der Waals surface area contributed by atoms with Gasteiger partial charge in [-0.3, -0.25) is 0 Å². The molecule has 0 fully saturated rings. The molecule has 2 aromatic rings. The predicted octanol–water partition coefficient (Wildman–Crippen LogP) is 4.78. The summed E-state index contributed by atoms with van der Waals surface area (Å²) in [5, 5.41) is 4.04. The highest BCUT2D eigenvalue weighted by molar-refractivity contribution is 6.33. The number of rotatable bonds is 5. The number of hydrogen-bond donors (Lipinski definition) is 1. The molecular formula is C19H21ClN2O. The molecule has 0 spiro atoms. The molecule has 1 N–H and O–H groups in total. The van der Waals surface area contributed by atoms with Crippen LogP contribution < -0.4 is 15.0 Å². The Bertz CT molecular complexity index is 685. The average molecular weight is 329 g/mol. The minimum Gasteiger partial charge on any atom is -0.489 e. The van der Waals surface area contributed by atoms with Gasteiger partial charge in [-0.1, -0.05) is 55.8 Å². The van der Waals surface area contributed by atoms with Crippen molar-refractivity contribution in [1.82, 2.24) is 5.32 Å². The highest BCUT2D eigenvalue weighted by Gasteiger charge is 2.24. The number of halogens is 1. The zero-order chi connectivity index (χ0) is 16.2. The number of ether oxygens (including phenoxy) is 1. The first-order valence-electron chi connectivity index (χ1n) is 7.82. The smallest absolute Gasteiger partial charge is 0.121 e. The van der Waals surface area contributed by atoms with Crippen LogP contribution in [0.25, 0.3) is 0 Å². The Morgan fingerprint density at radius 2 is 1.96 bits per heavy atom. The van der Waals surface area contributed by atoms with Crippen molar-refractivity contribution in [3.63, 3.8) is 0 Å². The van der Waals surface area contributed by atoms with Gasteiger partial charge in [0.15, 0.2) is 0 Å². The molecule has 2 aromatic carbocycles. The van der Waals surface area contributed by atoms with Gasteiger partial charge in [0.05, 0.1) is 10.7 Å². The van der Waals surface area contributed by atoms with E-state index >= 15 is 0 Å². The van der Waals surface area contributed by atoms with Gasteiger partial charge in [0.2, 0.25) is 0 Å². The van der Waals surface area contributed by atoms with Crippen LogP contribution in [0.1, 0.15) is 19.4 Å². The second-order valence-electron chi connectivity index (χ2n) is 5.97. The van der Waals surface area contributed by atoms with Crippen molar-refractivity contribution < 1.29 is 4.74 Å². The van der Waals surface area contributed by atoms with Crippen molar-refractivity contribution in [2.24, 2.45) is 5.92 Å². The van der Waals surface area contributed by atoms with E-state index in [0.717, 1.165) is 17.0 Å². The van der Waals surface area contributed by atoms with Crippen molar-refractivity contribution >= 4 is 17.3 Å². The van der Waals surface area contributed by atoms with Crippen LogP contribution in [0, 0.1) is 5.92 Å². The third kappa shape index (κ3) is 3.62. The lowest BCUT2D eigenvalue weighted by Gasteiger charge is -2.29. The second kappa shape index (κ2) is 6.97. The van der Waals surface area contributed by atoms with Gasteiger partial charge in [-0.2, -0.15) is 0 Å². The van der Waals surface area contributed by atoms with Gasteiger partial charge < -0.3 is 15.0 Å². The number of nitrogens with zero attached hydrogens (tertiary/aromatic N) is 1. The van der Waals surface area contributed by atoms with Crippen LogP contribution in [0.15, 0.2) is 60.9 Å². The third-order valence-electron chi connectivity index (χ3n) is 3.88. The van der Waals surface area contributed by atoms with E-state index in [0.29, 0.717) is 17.5 Å². The van der Waals surface area contributed by atoms with Crippen LogP contribution in [0.5, 0.6) is 5.75 Å². The molecular weight excluding hydrogens is 308 g/mol. The molecule has 3 rings (SSSR count). The van der Waals surface area contributed by atoms with Gasteiger partial charge in [0, 0.05) is 18.5 Å². The van der Waals surface area contributed by atoms with Crippen LogP contribution in [0.3, 0.4) is 0 Å². The zero-order valence-electron chi connectivity index (χ0n) is 13.4. The fourth-order valence-corrected chi connectivity index (χ4v) is 2.93. The topological polar surface area (TPSA) is 24.5 Å². The number of benzene rings is 2. The van der Waals surface area contributed by atoms with Crippen LogP contribution in [-0.4, -0.2) is 6.17 Å². The van der Waals surface area contributed by atoms with Crippen molar-refractivity contribution in [1.29, 1.82) is 0 Å². The molecule has 3 nitrogen and oxygen atoms in total. The van der Waals surface area contributed by atoms with E-state index in [2.05, 4.69) is 24.1 Å². The van der Waals surface area contributed by atoms with E-state index in [1.807, 2.05) is 60.9 Å². The van der Waals surface area contributed by atoms with Crippen LogP contribution >= 0.6 is 11.6 Å². The Balaban J connectivity index is 1.72. The highest BCUT2D eigenvalue weighted by Crippen LogP contribution is 2.33. The monoisotopic (exact) mass is 328 g/mol. The van der Waals surface area contributed by atoms with Crippen LogP contribution in [-0.2, 0) is 6.61 Å². The molecule has 1 heterocycles. The fraction of sp³-hybridized carbons (Fsp3) is 0.263. The van der Waals surface area contributed by atoms with Crippen LogP contribution in [0.4, 0.5) is 5.69 Å². The Labute approximate surface area is 142 Å². The Morgan fingerprint density at radius 3 is 2.65 bits per heavy atom. The Hall–Kier alpha value is -2.13. The number of nitrogens with one attached hydrogen (secondary N) is 1. The molecule has 0 amide bonds. The standard InChI is InChI=1S/C19H21ClN2O/c1-14(2)19-21-10-11-22(19)18-9-8-16(12-17(18)20)23-13-15-6-4-3-5-7-15/h3-12,14,19,21H,13H2,1-2H3. The first-order valence-corrected chi connectivity index (χ1v) is 8.20. The quantitative estimate of drug-likeness (QED) is 0.854. The van der Waals surface area contributed by atoms with Gasteiger partial charge in [0.25, 0.3) is 0 Å². The van der Waals surface area contributed by atoms with E-state index in [9.17, 15) is 0 Å². The van der Waals surface area contributed by atoms with Crippen molar-refractivity contribution in [2.45, 2.75) is 26.6 Å². The molecule has 0 bridgehead atoms. The summed E-state index contributed by atoms with van der Waals surface area (Å²) in [5.41, 5.74) is 2.12.